The number of benzene rings is 2. The van der Waals surface area contributed by atoms with E-state index >= 15 is 0 Å². The molecule has 0 heterocycles. The van der Waals surface area contributed by atoms with E-state index in [0.717, 1.165) is 16.9 Å². The van der Waals surface area contributed by atoms with Gasteiger partial charge in [0.2, 0.25) is 5.91 Å². The number of thioether (sulfide) groups is 1. The van der Waals surface area contributed by atoms with E-state index in [1.807, 2.05) is 49.4 Å². The molecule has 0 fully saturated rings. The first kappa shape index (κ1) is 20.1. The molecule has 128 valence electrons. The van der Waals surface area contributed by atoms with Crippen molar-refractivity contribution >= 4 is 35.9 Å². The third-order valence-corrected chi connectivity index (χ3v) is 4.56. The number of carbonyl (C=O) groups excluding carboxylic acids is 1. The molecule has 0 saturated heterocycles. The summed E-state index contributed by atoms with van der Waals surface area (Å²) in [5.41, 5.74) is 8.12. The standard InChI is InChI=1S/C18H21N3OS.ClH/c1-2-23-16(14-6-4-3-5-7-14)18(22)21-12-13-8-10-15(11-9-13)17(19)20;/h3-11,16H,2,12H2,1H3,(H3,19,20)(H,21,22);1H. The number of carbonyl (C=O) groups is 1. The highest BCUT2D eigenvalue weighted by Crippen LogP contribution is 2.28. The van der Waals surface area contributed by atoms with Gasteiger partial charge in [0, 0.05) is 12.1 Å². The molecule has 24 heavy (non-hydrogen) atoms. The maximum atomic E-state index is 12.5. The summed E-state index contributed by atoms with van der Waals surface area (Å²) in [6.45, 7) is 2.51. The summed E-state index contributed by atoms with van der Waals surface area (Å²) in [5.74, 6) is 0.933. The molecule has 1 unspecified atom stereocenters. The number of nitrogens with one attached hydrogen (secondary N) is 2. The van der Waals surface area contributed by atoms with Crippen molar-refractivity contribution in [2.75, 3.05) is 5.75 Å². The lowest BCUT2D eigenvalue weighted by molar-refractivity contribution is -0.120. The van der Waals surface area contributed by atoms with E-state index in [1.54, 1.807) is 23.9 Å². The van der Waals surface area contributed by atoms with Crippen molar-refractivity contribution in [1.82, 2.24) is 5.32 Å². The Kier molecular flexibility index (Phi) is 8.36. The minimum absolute atomic E-state index is 0. The Bertz CT molecular complexity index is 662. The van der Waals surface area contributed by atoms with Crippen LogP contribution < -0.4 is 11.1 Å². The Morgan fingerprint density at radius 2 is 1.79 bits per heavy atom. The van der Waals surface area contributed by atoms with E-state index in [9.17, 15) is 4.79 Å². The SMILES string of the molecule is CCSC(C(=O)NCc1ccc(C(=N)N)cc1)c1ccccc1.Cl. The maximum absolute atomic E-state index is 12.5. The van der Waals surface area contributed by atoms with Gasteiger partial charge in [-0.15, -0.1) is 24.2 Å². The first-order chi connectivity index (χ1) is 11.1. The second kappa shape index (κ2) is 10.0. The van der Waals surface area contributed by atoms with Gasteiger partial charge in [-0.05, 0) is 16.9 Å². The molecule has 0 aliphatic heterocycles. The Morgan fingerprint density at radius 3 is 2.33 bits per heavy atom. The number of amides is 1. The van der Waals surface area contributed by atoms with Crippen LogP contribution >= 0.6 is 24.2 Å². The van der Waals surface area contributed by atoms with E-state index in [-0.39, 0.29) is 29.4 Å². The third kappa shape index (κ3) is 5.58. The highest BCUT2D eigenvalue weighted by Gasteiger charge is 2.19. The average molecular weight is 364 g/mol. The number of hydrogen-bond donors (Lipinski definition) is 3. The molecule has 0 saturated carbocycles. The lowest BCUT2D eigenvalue weighted by Crippen LogP contribution is -2.27. The molecule has 0 spiro atoms. The van der Waals surface area contributed by atoms with E-state index in [0.29, 0.717) is 12.1 Å². The fraction of sp³-hybridized carbons (Fsp3) is 0.222. The van der Waals surface area contributed by atoms with Gasteiger partial charge in [-0.25, -0.2) is 0 Å². The molecule has 4 nitrogen and oxygen atoms in total. The summed E-state index contributed by atoms with van der Waals surface area (Å²) in [7, 11) is 0. The topological polar surface area (TPSA) is 79.0 Å². The van der Waals surface area contributed by atoms with Gasteiger partial charge in [0.25, 0.3) is 0 Å². The Morgan fingerprint density at radius 1 is 1.17 bits per heavy atom. The fourth-order valence-corrected chi connectivity index (χ4v) is 3.12. The van der Waals surface area contributed by atoms with Crippen LogP contribution in [-0.4, -0.2) is 17.5 Å². The molecule has 4 N–H and O–H groups in total. The Labute approximate surface area is 153 Å². The molecular formula is C18H22ClN3OS. The monoisotopic (exact) mass is 363 g/mol. The quantitative estimate of drug-likeness (QED) is 0.520. The summed E-state index contributed by atoms with van der Waals surface area (Å²) in [5, 5.41) is 10.2. The van der Waals surface area contributed by atoms with Gasteiger partial charge >= 0.3 is 0 Å². The van der Waals surface area contributed by atoms with Gasteiger partial charge in [0.05, 0.1) is 0 Å². The van der Waals surface area contributed by atoms with E-state index in [2.05, 4.69) is 5.32 Å². The Balaban J connectivity index is 0.00000288. The van der Waals surface area contributed by atoms with Gasteiger partial charge in [-0.1, -0.05) is 61.5 Å². The number of hydrogen-bond acceptors (Lipinski definition) is 3. The molecule has 6 heteroatoms. The normalized spacial score (nSPS) is 11.2. The van der Waals surface area contributed by atoms with Crippen LogP contribution in [-0.2, 0) is 11.3 Å². The summed E-state index contributed by atoms with van der Waals surface area (Å²) in [6.07, 6.45) is 0. The number of rotatable bonds is 7. The van der Waals surface area contributed by atoms with E-state index < -0.39 is 0 Å². The molecule has 2 aromatic carbocycles. The highest BCUT2D eigenvalue weighted by atomic mass is 35.5. The highest BCUT2D eigenvalue weighted by molar-refractivity contribution is 8.00. The largest absolute Gasteiger partial charge is 0.384 e. The van der Waals surface area contributed by atoms with Crippen molar-refractivity contribution in [2.24, 2.45) is 5.73 Å². The molecule has 2 rings (SSSR count). The Hall–Kier alpha value is -1.98. The second-order valence-corrected chi connectivity index (χ2v) is 6.46. The van der Waals surface area contributed by atoms with Crippen molar-refractivity contribution in [3.8, 4) is 0 Å². The first-order valence-electron chi connectivity index (χ1n) is 7.49. The molecule has 0 aliphatic carbocycles. The lowest BCUT2D eigenvalue weighted by atomic mass is 10.1. The van der Waals surface area contributed by atoms with E-state index in [1.165, 1.54) is 0 Å². The molecular weight excluding hydrogens is 342 g/mol. The average Bonchev–Trinajstić information content (AvgIpc) is 2.58. The van der Waals surface area contributed by atoms with Crippen LogP contribution in [0.2, 0.25) is 0 Å². The summed E-state index contributed by atoms with van der Waals surface area (Å²) < 4.78 is 0. The van der Waals surface area contributed by atoms with Crippen LogP contribution in [0.25, 0.3) is 0 Å². The minimum atomic E-state index is -0.197. The summed E-state index contributed by atoms with van der Waals surface area (Å²) in [4.78, 5) is 12.5. The number of halogens is 1. The predicted molar refractivity (Wildman–Crippen MR) is 104 cm³/mol. The van der Waals surface area contributed by atoms with Crippen LogP contribution in [0.15, 0.2) is 54.6 Å². The van der Waals surface area contributed by atoms with Crippen molar-refractivity contribution in [3.05, 3.63) is 71.3 Å². The number of nitrogen functional groups attached to an aromatic ring is 1. The first-order valence-corrected chi connectivity index (χ1v) is 8.54. The second-order valence-electron chi connectivity index (χ2n) is 5.07. The summed E-state index contributed by atoms with van der Waals surface area (Å²) >= 11 is 1.62. The lowest BCUT2D eigenvalue weighted by Gasteiger charge is -2.16. The van der Waals surface area contributed by atoms with Crippen LogP contribution in [0.5, 0.6) is 0 Å². The van der Waals surface area contributed by atoms with Gasteiger partial charge in [0.15, 0.2) is 0 Å². The van der Waals surface area contributed by atoms with Crippen LogP contribution in [0.1, 0.15) is 28.9 Å². The van der Waals surface area contributed by atoms with Gasteiger partial charge in [-0.3, -0.25) is 10.2 Å². The van der Waals surface area contributed by atoms with Crippen LogP contribution in [0.4, 0.5) is 0 Å². The molecule has 1 amide bonds. The number of nitrogens with two attached hydrogens (primary N) is 1. The van der Waals surface area contributed by atoms with Crippen molar-refractivity contribution < 1.29 is 4.79 Å². The molecule has 0 aromatic heterocycles. The predicted octanol–water partition coefficient (Wildman–Crippen LogP) is 3.50. The van der Waals surface area contributed by atoms with Gasteiger partial charge in [0.1, 0.15) is 11.1 Å². The smallest absolute Gasteiger partial charge is 0.237 e. The van der Waals surface area contributed by atoms with Gasteiger partial charge in [-0.2, -0.15) is 0 Å². The molecule has 0 aliphatic rings. The zero-order chi connectivity index (χ0) is 16.7. The molecule has 2 aromatic rings. The zero-order valence-corrected chi connectivity index (χ0v) is 15.1. The van der Waals surface area contributed by atoms with Crippen molar-refractivity contribution in [1.29, 1.82) is 5.41 Å². The maximum Gasteiger partial charge on any atom is 0.237 e. The third-order valence-electron chi connectivity index (χ3n) is 3.41. The van der Waals surface area contributed by atoms with Crippen LogP contribution in [0.3, 0.4) is 0 Å². The zero-order valence-electron chi connectivity index (χ0n) is 13.5. The van der Waals surface area contributed by atoms with E-state index in [4.69, 9.17) is 11.1 Å². The minimum Gasteiger partial charge on any atom is -0.384 e. The number of amidine groups is 1. The van der Waals surface area contributed by atoms with Gasteiger partial charge < -0.3 is 11.1 Å². The molecule has 0 radical (unpaired) electrons. The molecule has 1 atom stereocenters. The molecule has 0 bridgehead atoms. The fourth-order valence-electron chi connectivity index (χ4n) is 2.20. The summed E-state index contributed by atoms with van der Waals surface area (Å²) in [6, 6.07) is 17.1. The van der Waals surface area contributed by atoms with Crippen molar-refractivity contribution in [3.63, 3.8) is 0 Å². The van der Waals surface area contributed by atoms with Crippen molar-refractivity contribution in [2.45, 2.75) is 18.7 Å². The van der Waals surface area contributed by atoms with Crippen LogP contribution in [0, 0.1) is 5.41 Å².